The average Bonchev–Trinajstić information content (AvgIpc) is 2.77. The van der Waals surface area contributed by atoms with Gasteiger partial charge >= 0.3 is 0 Å². The normalized spacial score (nSPS) is 14.4. The van der Waals surface area contributed by atoms with Crippen LogP contribution in [-0.2, 0) is 6.42 Å². The molecule has 5 heteroatoms. The van der Waals surface area contributed by atoms with Gasteiger partial charge in [0.2, 0.25) is 0 Å². The van der Waals surface area contributed by atoms with Crippen LogP contribution in [0.15, 0.2) is 72.8 Å². The molecule has 0 saturated heterocycles. The van der Waals surface area contributed by atoms with Gasteiger partial charge in [-0.15, -0.1) is 0 Å². The highest BCUT2D eigenvalue weighted by atomic mass is 35.5. The Kier molecular flexibility index (Phi) is 7.98. The van der Waals surface area contributed by atoms with Crippen molar-refractivity contribution in [2.24, 2.45) is 0 Å². The molecule has 3 rings (SSSR count). The van der Waals surface area contributed by atoms with Crippen LogP contribution in [0.5, 0.6) is 0 Å². The molecule has 0 aliphatic heterocycles. The second-order valence-corrected chi connectivity index (χ2v) is 9.64. The van der Waals surface area contributed by atoms with Crippen LogP contribution in [0, 0.1) is 11.3 Å². The van der Waals surface area contributed by atoms with Crippen molar-refractivity contribution >= 4 is 23.2 Å². The first-order valence-electron chi connectivity index (χ1n) is 10.7. The zero-order chi connectivity index (χ0) is 23.3. The highest BCUT2D eigenvalue weighted by Gasteiger charge is 2.32. The van der Waals surface area contributed by atoms with E-state index in [0.29, 0.717) is 15.6 Å². The van der Waals surface area contributed by atoms with Crippen LogP contribution in [0.25, 0.3) is 0 Å². The summed E-state index contributed by atoms with van der Waals surface area (Å²) in [6.45, 7) is 5.72. The van der Waals surface area contributed by atoms with Gasteiger partial charge in [0.1, 0.15) is 0 Å². The molecule has 32 heavy (non-hydrogen) atoms. The summed E-state index contributed by atoms with van der Waals surface area (Å²) in [5.41, 5.74) is 2.82. The predicted octanol–water partition coefficient (Wildman–Crippen LogP) is 6.68. The quantitative estimate of drug-likeness (QED) is 0.389. The van der Waals surface area contributed by atoms with Crippen LogP contribution in [0.2, 0.25) is 10.0 Å². The number of benzene rings is 3. The Hall–Kier alpha value is -2.35. The molecule has 0 aliphatic rings. The van der Waals surface area contributed by atoms with Gasteiger partial charge in [-0.25, -0.2) is 0 Å². The Bertz CT molecular complexity index is 1070. The number of nitrogens with zero attached hydrogens (tertiary/aromatic N) is 1. The largest absolute Gasteiger partial charge is 0.388 e. The molecule has 3 aromatic rings. The topological polar surface area (TPSA) is 56.0 Å². The van der Waals surface area contributed by atoms with Gasteiger partial charge in [0.15, 0.2) is 0 Å². The van der Waals surface area contributed by atoms with Crippen molar-refractivity contribution in [3.05, 3.63) is 105 Å². The van der Waals surface area contributed by atoms with Crippen molar-refractivity contribution < 1.29 is 5.11 Å². The van der Waals surface area contributed by atoms with E-state index in [4.69, 9.17) is 23.2 Å². The predicted molar refractivity (Wildman–Crippen MR) is 132 cm³/mol. The molecule has 2 N–H and O–H groups in total. The minimum Gasteiger partial charge on any atom is -0.388 e. The van der Waals surface area contributed by atoms with Crippen LogP contribution in [0.1, 0.15) is 55.0 Å². The second kappa shape index (κ2) is 10.5. The fraction of sp³-hybridized carbons (Fsp3) is 0.296. The van der Waals surface area contributed by atoms with Crippen molar-refractivity contribution in [1.82, 2.24) is 5.32 Å². The lowest BCUT2D eigenvalue weighted by molar-refractivity contribution is 0.0316. The van der Waals surface area contributed by atoms with Gasteiger partial charge in [0, 0.05) is 22.0 Å². The van der Waals surface area contributed by atoms with Crippen molar-refractivity contribution in [3.63, 3.8) is 0 Å². The molecule has 0 spiro atoms. The lowest BCUT2D eigenvalue weighted by atomic mass is 9.83. The SMILES string of the molecule is C[C@H](N[C@@H](c1ccc(Cl)cc1)C(C)(C)O)C(Cc1ccc(Cl)cc1)c1cccc(C#N)c1. The Balaban J connectivity index is 1.95. The number of halogens is 2. The van der Waals surface area contributed by atoms with Crippen LogP contribution in [-0.4, -0.2) is 16.7 Å². The molecule has 0 bridgehead atoms. The monoisotopic (exact) mass is 466 g/mol. The van der Waals surface area contributed by atoms with E-state index in [1.165, 1.54) is 0 Å². The van der Waals surface area contributed by atoms with E-state index in [-0.39, 0.29) is 18.0 Å². The minimum absolute atomic E-state index is 0.00766. The molecule has 0 aromatic heterocycles. The number of hydrogen-bond acceptors (Lipinski definition) is 3. The second-order valence-electron chi connectivity index (χ2n) is 8.77. The molecule has 0 heterocycles. The van der Waals surface area contributed by atoms with E-state index in [1.54, 1.807) is 13.8 Å². The number of nitriles is 1. The van der Waals surface area contributed by atoms with Gasteiger partial charge in [-0.05, 0) is 80.3 Å². The number of nitrogens with one attached hydrogen (secondary N) is 1. The molecular formula is C27H28Cl2N2O. The molecule has 3 nitrogen and oxygen atoms in total. The van der Waals surface area contributed by atoms with E-state index in [0.717, 1.165) is 23.1 Å². The number of rotatable bonds is 8. The Morgan fingerprint density at radius 3 is 2.09 bits per heavy atom. The van der Waals surface area contributed by atoms with E-state index in [1.807, 2.05) is 66.7 Å². The van der Waals surface area contributed by atoms with Crippen molar-refractivity contribution in [2.75, 3.05) is 0 Å². The maximum Gasteiger partial charge on any atom is 0.0991 e. The molecule has 166 valence electrons. The standard InChI is InChI=1S/C27H28Cl2N2O/c1-18(31-26(27(2,3)32)21-9-13-24(29)14-10-21)25(16-19-7-11-23(28)12-8-19)22-6-4-5-20(15-22)17-30/h4-15,18,25-26,31-32H,16H2,1-3H3/t18-,25?,26-/m0/s1. The van der Waals surface area contributed by atoms with E-state index in [9.17, 15) is 10.4 Å². The fourth-order valence-electron chi connectivity index (χ4n) is 4.04. The van der Waals surface area contributed by atoms with Gasteiger partial charge in [0.05, 0.1) is 23.3 Å². The van der Waals surface area contributed by atoms with Gasteiger partial charge in [-0.3, -0.25) is 0 Å². The molecule has 0 fully saturated rings. The number of hydrogen-bond donors (Lipinski definition) is 2. The Morgan fingerprint density at radius 1 is 0.938 bits per heavy atom. The van der Waals surface area contributed by atoms with Crippen LogP contribution < -0.4 is 5.32 Å². The number of aliphatic hydroxyl groups is 1. The maximum atomic E-state index is 11.0. The summed E-state index contributed by atoms with van der Waals surface area (Å²) in [5, 5.41) is 25.4. The zero-order valence-electron chi connectivity index (χ0n) is 18.5. The molecular weight excluding hydrogens is 439 g/mol. The minimum atomic E-state index is -0.999. The molecule has 3 aromatic carbocycles. The van der Waals surface area contributed by atoms with E-state index in [2.05, 4.69) is 24.4 Å². The van der Waals surface area contributed by atoms with Crippen molar-refractivity contribution in [1.29, 1.82) is 5.26 Å². The molecule has 0 saturated carbocycles. The van der Waals surface area contributed by atoms with Crippen LogP contribution in [0.4, 0.5) is 0 Å². The zero-order valence-corrected chi connectivity index (χ0v) is 20.0. The van der Waals surface area contributed by atoms with Crippen molar-refractivity contribution in [2.45, 2.75) is 50.8 Å². The maximum absolute atomic E-state index is 11.0. The molecule has 1 unspecified atom stereocenters. The summed E-state index contributed by atoms with van der Waals surface area (Å²) in [4.78, 5) is 0. The molecule has 3 atom stereocenters. The first-order chi connectivity index (χ1) is 15.2. The van der Waals surface area contributed by atoms with Gasteiger partial charge in [-0.1, -0.05) is 59.6 Å². The van der Waals surface area contributed by atoms with Gasteiger partial charge in [0.25, 0.3) is 0 Å². The summed E-state index contributed by atoms with van der Waals surface area (Å²) >= 11 is 12.2. The molecule has 0 aliphatic carbocycles. The Labute approximate surface area is 200 Å². The summed E-state index contributed by atoms with van der Waals surface area (Å²) in [5.74, 6) is 0.0709. The summed E-state index contributed by atoms with van der Waals surface area (Å²) in [6, 6.07) is 25.1. The van der Waals surface area contributed by atoms with Gasteiger partial charge < -0.3 is 10.4 Å². The van der Waals surface area contributed by atoms with E-state index < -0.39 is 5.60 Å². The fourth-order valence-corrected chi connectivity index (χ4v) is 4.29. The molecule has 0 amide bonds. The smallest absolute Gasteiger partial charge is 0.0991 e. The molecule has 0 radical (unpaired) electrons. The third-order valence-corrected chi connectivity index (χ3v) is 6.26. The lowest BCUT2D eigenvalue weighted by Crippen LogP contribution is -2.45. The van der Waals surface area contributed by atoms with Crippen LogP contribution in [0.3, 0.4) is 0 Å². The summed E-state index contributed by atoms with van der Waals surface area (Å²) in [7, 11) is 0. The first-order valence-corrected chi connectivity index (χ1v) is 11.4. The lowest BCUT2D eigenvalue weighted by Gasteiger charge is -2.36. The first kappa shape index (κ1) is 24.3. The third-order valence-electron chi connectivity index (χ3n) is 5.76. The van der Waals surface area contributed by atoms with Crippen molar-refractivity contribution in [3.8, 4) is 6.07 Å². The Morgan fingerprint density at radius 2 is 1.53 bits per heavy atom. The average molecular weight is 467 g/mol. The highest BCUT2D eigenvalue weighted by Crippen LogP contribution is 2.32. The summed E-state index contributed by atoms with van der Waals surface area (Å²) in [6.07, 6.45) is 0.763. The highest BCUT2D eigenvalue weighted by molar-refractivity contribution is 6.30. The van der Waals surface area contributed by atoms with E-state index >= 15 is 0 Å². The summed E-state index contributed by atoms with van der Waals surface area (Å²) < 4.78 is 0. The van der Waals surface area contributed by atoms with Crippen LogP contribution >= 0.6 is 23.2 Å². The third kappa shape index (κ3) is 6.34. The van der Waals surface area contributed by atoms with Gasteiger partial charge in [-0.2, -0.15) is 5.26 Å².